The highest BCUT2D eigenvalue weighted by Gasteiger charge is 2.51. The number of aromatic amines is 1. The van der Waals surface area contributed by atoms with E-state index in [0.717, 1.165) is 43.6 Å². The fourth-order valence-electron chi connectivity index (χ4n) is 4.46. The highest BCUT2D eigenvalue weighted by molar-refractivity contribution is 5.92. The zero-order valence-corrected chi connectivity index (χ0v) is 16.3. The molecule has 1 aliphatic carbocycles. The van der Waals surface area contributed by atoms with Crippen LogP contribution in [0.2, 0.25) is 0 Å². The van der Waals surface area contributed by atoms with Crippen LogP contribution in [0.4, 0.5) is 0 Å². The van der Waals surface area contributed by atoms with Crippen molar-refractivity contribution in [2.75, 3.05) is 19.6 Å². The summed E-state index contributed by atoms with van der Waals surface area (Å²) in [6.07, 6.45) is 4.08. The molecule has 1 aliphatic heterocycles. The van der Waals surface area contributed by atoms with Gasteiger partial charge in [-0.25, -0.2) is 4.79 Å². The molecule has 29 heavy (non-hydrogen) atoms. The molecule has 2 fully saturated rings. The Morgan fingerprint density at radius 1 is 1.14 bits per heavy atom. The number of fused-ring (bicyclic) bond motifs is 1. The van der Waals surface area contributed by atoms with Gasteiger partial charge in [0.1, 0.15) is 0 Å². The molecule has 1 saturated carbocycles. The quantitative estimate of drug-likeness (QED) is 0.677. The number of hydrogen-bond donors (Lipinski definition) is 2. The van der Waals surface area contributed by atoms with Crippen LogP contribution < -0.4 is 11.1 Å². The molecule has 1 aromatic heterocycles. The van der Waals surface area contributed by atoms with E-state index in [1.807, 2.05) is 30.3 Å². The molecular weight excluding hydrogens is 366 g/mol. The number of hydrogen-bond acceptors (Lipinski definition) is 4. The van der Waals surface area contributed by atoms with E-state index in [2.05, 4.69) is 27.3 Å². The number of benzene rings is 2. The second-order valence-electron chi connectivity index (χ2n) is 8.25. The van der Waals surface area contributed by atoms with Gasteiger partial charge in [0.05, 0.1) is 17.0 Å². The van der Waals surface area contributed by atoms with Crippen LogP contribution in [0.25, 0.3) is 11.1 Å². The Labute approximate surface area is 168 Å². The first-order valence-corrected chi connectivity index (χ1v) is 10.4. The van der Waals surface area contributed by atoms with Crippen molar-refractivity contribution in [3.8, 4) is 0 Å². The molecule has 1 amide bonds. The predicted molar refractivity (Wildman–Crippen MR) is 111 cm³/mol. The van der Waals surface area contributed by atoms with Crippen molar-refractivity contribution in [3.63, 3.8) is 0 Å². The lowest BCUT2D eigenvalue weighted by molar-refractivity contribution is -0.124. The molecule has 6 heteroatoms. The van der Waals surface area contributed by atoms with E-state index in [4.69, 9.17) is 4.42 Å². The van der Waals surface area contributed by atoms with Crippen molar-refractivity contribution in [1.29, 1.82) is 0 Å². The van der Waals surface area contributed by atoms with Crippen molar-refractivity contribution in [2.24, 2.45) is 0 Å². The van der Waals surface area contributed by atoms with Crippen LogP contribution >= 0.6 is 0 Å². The summed E-state index contributed by atoms with van der Waals surface area (Å²) in [5.74, 6) is -0.406. The van der Waals surface area contributed by atoms with E-state index < -0.39 is 11.2 Å². The Kier molecular flexibility index (Phi) is 4.51. The van der Waals surface area contributed by atoms with Gasteiger partial charge in [0.25, 0.3) is 0 Å². The Hall–Kier alpha value is -2.86. The van der Waals surface area contributed by atoms with Gasteiger partial charge in [-0.3, -0.25) is 9.78 Å². The standard InChI is InChI=1S/C23H25N3O3/c27-21(23(10-11-23)17-8-9-20-18(14-17)25-22(28)29-20)24-19(15-26-12-4-5-13-26)16-6-2-1-3-7-16/h1-3,6-9,14,19H,4-5,10-13,15H2,(H,24,27)(H,25,28)/t19-/m1/s1. The number of H-pyrrole nitrogens is 1. The van der Waals surface area contributed by atoms with Crippen LogP contribution in [0, 0.1) is 0 Å². The molecule has 0 spiro atoms. The normalized spacial score (nSPS) is 19.3. The molecule has 150 valence electrons. The van der Waals surface area contributed by atoms with E-state index in [-0.39, 0.29) is 11.9 Å². The van der Waals surface area contributed by atoms with Crippen molar-refractivity contribution >= 4 is 17.0 Å². The first-order valence-electron chi connectivity index (χ1n) is 10.4. The number of carbonyl (C=O) groups excluding carboxylic acids is 1. The molecule has 1 atom stereocenters. The van der Waals surface area contributed by atoms with Gasteiger partial charge in [0.15, 0.2) is 5.58 Å². The predicted octanol–water partition coefficient (Wildman–Crippen LogP) is 3.11. The number of aromatic nitrogens is 1. The van der Waals surface area contributed by atoms with Crippen LogP contribution in [-0.4, -0.2) is 35.4 Å². The number of amides is 1. The summed E-state index contributed by atoms with van der Waals surface area (Å²) in [7, 11) is 0. The Bertz CT molecular complexity index is 1080. The minimum atomic E-state index is -0.514. The van der Waals surface area contributed by atoms with Gasteiger partial charge in [-0.1, -0.05) is 36.4 Å². The maximum atomic E-state index is 13.4. The summed E-state index contributed by atoms with van der Waals surface area (Å²) in [6, 6.07) is 15.7. The molecule has 2 heterocycles. The van der Waals surface area contributed by atoms with Gasteiger partial charge in [0.2, 0.25) is 5.91 Å². The van der Waals surface area contributed by atoms with Crippen molar-refractivity contribution in [3.05, 3.63) is 70.2 Å². The van der Waals surface area contributed by atoms with Crippen LogP contribution in [-0.2, 0) is 10.2 Å². The third-order valence-electron chi connectivity index (χ3n) is 6.30. The van der Waals surface area contributed by atoms with Crippen molar-refractivity contribution < 1.29 is 9.21 Å². The molecule has 1 saturated heterocycles. The molecule has 6 nitrogen and oxygen atoms in total. The molecule has 0 bridgehead atoms. The van der Waals surface area contributed by atoms with Crippen molar-refractivity contribution in [2.45, 2.75) is 37.1 Å². The fraction of sp³-hybridized carbons (Fsp3) is 0.391. The number of nitrogens with zero attached hydrogens (tertiary/aromatic N) is 1. The van der Waals surface area contributed by atoms with Crippen LogP contribution in [0.3, 0.4) is 0 Å². The van der Waals surface area contributed by atoms with Gasteiger partial charge in [-0.15, -0.1) is 0 Å². The van der Waals surface area contributed by atoms with Crippen LogP contribution in [0.15, 0.2) is 57.7 Å². The second kappa shape index (κ2) is 7.19. The number of rotatable bonds is 6. The average Bonchev–Trinajstić information content (AvgIpc) is 3.22. The zero-order valence-electron chi connectivity index (χ0n) is 16.3. The number of likely N-dealkylation sites (tertiary alicyclic amines) is 1. The summed E-state index contributed by atoms with van der Waals surface area (Å²) < 4.78 is 5.10. The molecule has 5 rings (SSSR count). The maximum Gasteiger partial charge on any atom is 0.417 e. The SMILES string of the molecule is O=C(N[C@H](CN1CCCC1)c1ccccc1)C1(c2ccc3oc(=O)[nH]c3c2)CC1. The van der Waals surface area contributed by atoms with Gasteiger partial charge < -0.3 is 14.6 Å². The Morgan fingerprint density at radius 2 is 1.90 bits per heavy atom. The number of oxazole rings is 1. The van der Waals surface area contributed by atoms with E-state index in [0.29, 0.717) is 11.1 Å². The monoisotopic (exact) mass is 391 g/mol. The van der Waals surface area contributed by atoms with Crippen LogP contribution in [0.1, 0.15) is 42.9 Å². The largest absolute Gasteiger partial charge is 0.417 e. The first kappa shape index (κ1) is 18.2. The van der Waals surface area contributed by atoms with E-state index in [1.165, 1.54) is 12.8 Å². The average molecular weight is 391 g/mol. The lowest BCUT2D eigenvalue weighted by atomic mass is 9.93. The summed E-state index contributed by atoms with van der Waals surface area (Å²) >= 11 is 0. The minimum absolute atomic E-state index is 0.0308. The molecule has 2 aromatic carbocycles. The Balaban J connectivity index is 1.40. The number of nitrogens with one attached hydrogen (secondary N) is 2. The van der Waals surface area contributed by atoms with E-state index in [9.17, 15) is 9.59 Å². The maximum absolute atomic E-state index is 13.4. The summed E-state index contributed by atoms with van der Waals surface area (Å²) in [5, 5.41) is 3.34. The van der Waals surface area contributed by atoms with E-state index in [1.54, 1.807) is 6.07 Å². The molecular formula is C23H25N3O3. The van der Waals surface area contributed by atoms with Gasteiger partial charge in [-0.2, -0.15) is 0 Å². The lowest BCUT2D eigenvalue weighted by Crippen LogP contribution is -2.41. The highest BCUT2D eigenvalue weighted by Crippen LogP contribution is 2.49. The molecule has 0 radical (unpaired) electrons. The molecule has 2 N–H and O–H groups in total. The molecule has 2 aliphatic rings. The highest BCUT2D eigenvalue weighted by atomic mass is 16.4. The minimum Gasteiger partial charge on any atom is -0.408 e. The van der Waals surface area contributed by atoms with Crippen LogP contribution in [0.5, 0.6) is 0 Å². The van der Waals surface area contributed by atoms with Gasteiger partial charge in [-0.05, 0) is 62.0 Å². The summed E-state index contributed by atoms with van der Waals surface area (Å²) in [5.41, 5.74) is 2.72. The molecule has 0 unspecified atom stereocenters. The molecule has 3 aromatic rings. The topological polar surface area (TPSA) is 78.3 Å². The van der Waals surface area contributed by atoms with Gasteiger partial charge in [0, 0.05) is 6.54 Å². The third-order valence-corrected chi connectivity index (χ3v) is 6.30. The lowest BCUT2D eigenvalue weighted by Gasteiger charge is -2.27. The van der Waals surface area contributed by atoms with Crippen molar-refractivity contribution in [1.82, 2.24) is 15.2 Å². The Morgan fingerprint density at radius 3 is 2.62 bits per heavy atom. The first-order chi connectivity index (χ1) is 14.1. The summed E-state index contributed by atoms with van der Waals surface area (Å²) in [4.78, 5) is 30.0. The second-order valence-corrected chi connectivity index (χ2v) is 8.25. The third kappa shape index (κ3) is 3.49. The number of carbonyl (C=O) groups is 1. The fourth-order valence-corrected chi connectivity index (χ4v) is 4.46. The van der Waals surface area contributed by atoms with Gasteiger partial charge >= 0.3 is 5.76 Å². The summed E-state index contributed by atoms with van der Waals surface area (Å²) in [6.45, 7) is 3.02. The smallest absolute Gasteiger partial charge is 0.408 e. The zero-order chi connectivity index (χ0) is 19.8. The van der Waals surface area contributed by atoms with E-state index >= 15 is 0 Å².